The predicted molar refractivity (Wildman–Crippen MR) is 138 cm³/mol. The lowest BCUT2D eigenvalue weighted by Crippen LogP contribution is -2.49. The number of hydrogen-bond donors (Lipinski definition) is 2. The Bertz CT molecular complexity index is 782. The van der Waals surface area contributed by atoms with E-state index in [-0.39, 0.29) is 24.0 Å². The molecule has 166 valence electrons. The van der Waals surface area contributed by atoms with Gasteiger partial charge in [-0.15, -0.1) is 24.0 Å². The molecule has 1 aliphatic heterocycles. The Kier molecular flexibility index (Phi) is 10.9. The normalized spacial score (nSPS) is 15.9. The van der Waals surface area contributed by atoms with Gasteiger partial charge < -0.3 is 20.3 Å². The lowest BCUT2D eigenvalue weighted by molar-refractivity contribution is 0.0532. The number of aliphatic imine (C=N–C) groups is 1. The molecular formula is C24H37IN4O. The van der Waals surface area contributed by atoms with Crippen molar-refractivity contribution in [3.8, 4) is 0 Å². The number of benzene rings is 2. The van der Waals surface area contributed by atoms with Crippen LogP contribution in [0.5, 0.6) is 0 Å². The first-order valence-corrected chi connectivity index (χ1v) is 10.9. The van der Waals surface area contributed by atoms with Crippen LogP contribution >= 0.6 is 24.0 Å². The van der Waals surface area contributed by atoms with Crippen molar-refractivity contribution in [3.63, 3.8) is 0 Å². The zero-order chi connectivity index (χ0) is 20.5. The molecule has 2 aromatic rings. The third-order valence-electron chi connectivity index (χ3n) is 5.58. The number of nitrogens with one attached hydrogen (secondary N) is 2. The number of halogens is 1. The number of ether oxygens (including phenoxy) is 1. The van der Waals surface area contributed by atoms with E-state index < -0.39 is 0 Å². The van der Waals surface area contributed by atoms with Crippen LogP contribution in [0.25, 0.3) is 10.8 Å². The summed E-state index contributed by atoms with van der Waals surface area (Å²) in [6.07, 6.45) is 3.59. The Morgan fingerprint density at radius 3 is 2.60 bits per heavy atom. The average molecular weight is 524 g/mol. The third kappa shape index (κ3) is 7.71. The number of rotatable bonds is 8. The number of fused-ring (bicyclic) bond motifs is 1. The summed E-state index contributed by atoms with van der Waals surface area (Å²) in [5.41, 5.74) is 1.38. The van der Waals surface area contributed by atoms with Gasteiger partial charge in [0, 0.05) is 39.3 Å². The molecule has 1 aliphatic rings. The van der Waals surface area contributed by atoms with E-state index in [2.05, 4.69) is 76.8 Å². The molecule has 2 N–H and O–H groups in total. The molecule has 0 spiro atoms. The molecule has 0 amide bonds. The lowest BCUT2D eigenvalue weighted by Gasteiger charge is -2.33. The molecule has 0 radical (unpaired) electrons. The van der Waals surface area contributed by atoms with Crippen molar-refractivity contribution in [1.29, 1.82) is 0 Å². The van der Waals surface area contributed by atoms with Gasteiger partial charge >= 0.3 is 0 Å². The zero-order valence-corrected chi connectivity index (χ0v) is 20.9. The van der Waals surface area contributed by atoms with Crippen LogP contribution in [-0.2, 0) is 11.2 Å². The third-order valence-corrected chi connectivity index (χ3v) is 5.58. The Hall–Kier alpha value is -1.38. The van der Waals surface area contributed by atoms with Gasteiger partial charge in [-0.05, 0) is 49.4 Å². The molecule has 1 saturated heterocycles. The van der Waals surface area contributed by atoms with Gasteiger partial charge in [-0.2, -0.15) is 0 Å². The van der Waals surface area contributed by atoms with Crippen LogP contribution in [0.1, 0.15) is 32.3 Å². The molecule has 0 saturated carbocycles. The molecule has 0 atom stereocenters. The molecule has 6 heteroatoms. The van der Waals surface area contributed by atoms with Gasteiger partial charge in [-0.25, -0.2) is 0 Å². The van der Waals surface area contributed by atoms with E-state index >= 15 is 0 Å². The fraction of sp³-hybridized carbons (Fsp3) is 0.542. The highest BCUT2D eigenvalue weighted by atomic mass is 127. The van der Waals surface area contributed by atoms with E-state index in [1.54, 1.807) is 0 Å². The minimum absolute atomic E-state index is 0. The van der Waals surface area contributed by atoms with Crippen LogP contribution in [0, 0.1) is 0 Å². The first kappa shape index (κ1) is 24.9. The van der Waals surface area contributed by atoms with Crippen LogP contribution < -0.4 is 10.6 Å². The van der Waals surface area contributed by atoms with E-state index in [1.807, 2.05) is 7.05 Å². The number of likely N-dealkylation sites (tertiary alicyclic amines) is 1. The highest BCUT2D eigenvalue weighted by Crippen LogP contribution is 2.18. The second kappa shape index (κ2) is 13.1. The summed E-state index contributed by atoms with van der Waals surface area (Å²) in [4.78, 5) is 6.92. The van der Waals surface area contributed by atoms with E-state index in [9.17, 15) is 0 Å². The average Bonchev–Trinajstić information content (AvgIpc) is 2.74. The highest BCUT2D eigenvalue weighted by Gasteiger charge is 2.19. The molecule has 5 nitrogen and oxygen atoms in total. The maximum atomic E-state index is 5.67. The lowest BCUT2D eigenvalue weighted by atomic mass is 10.0. The second-order valence-corrected chi connectivity index (χ2v) is 8.07. The topological polar surface area (TPSA) is 48.9 Å². The summed E-state index contributed by atoms with van der Waals surface area (Å²) in [5.74, 6) is 0.909. The van der Waals surface area contributed by atoms with Crippen molar-refractivity contribution in [3.05, 3.63) is 48.0 Å². The Morgan fingerprint density at radius 1 is 1.13 bits per heavy atom. The van der Waals surface area contributed by atoms with E-state index in [4.69, 9.17) is 4.74 Å². The Labute approximate surface area is 198 Å². The van der Waals surface area contributed by atoms with Crippen molar-refractivity contribution in [2.75, 3.05) is 39.8 Å². The van der Waals surface area contributed by atoms with Gasteiger partial charge in [0.1, 0.15) is 0 Å². The van der Waals surface area contributed by atoms with Crippen LogP contribution in [0.4, 0.5) is 0 Å². The van der Waals surface area contributed by atoms with E-state index in [0.29, 0.717) is 12.1 Å². The molecule has 0 aromatic heterocycles. The second-order valence-electron chi connectivity index (χ2n) is 8.07. The molecule has 0 bridgehead atoms. The smallest absolute Gasteiger partial charge is 0.191 e. The summed E-state index contributed by atoms with van der Waals surface area (Å²) < 4.78 is 5.67. The van der Waals surface area contributed by atoms with Crippen LogP contribution in [0.3, 0.4) is 0 Å². The van der Waals surface area contributed by atoms with Gasteiger partial charge in [-0.3, -0.25) is 4.99 Å². The molecule has 0 unspecified atom stereocenters. The first-order valence-electron chi connectivity index (χ1n) is 10.9. The highest BCUT2D eigenvalue weighted by molar-refractivity contribution is 14.0. The molecule has 1 heterocycles. The molecule has 2 aromatic carbocycles. The van der Waals surface area contributed by atoms with Crippen molar-refractivity contribution in [2.45, 2.75) is 45.3 Å². The monoisotopic (exact) mass is 524 g/mol. The van der Waals surface area contributed by atoms with Gasteiger partial charge in [0.05, 0.1) is 12.7 Å². The summed E-state index contributed by atoms with van der Waals surface area (Å²) in [6, 6.07) is 15.6. The number of guanidine groups is 1. The van der Waals surface area contributed by atoms with Gasteiger partial charge in [-0.1, -0.05) is 42.5 Å². The van der Waals surface area contributed by atoms with Crippen LogP contribution in [0.15, 0.2) is 47.5 Å². The predicted octanol–water partition coefficient (Wildman–Crippen LogP) is 4.05. The maximum Gasteiger partial charge on any atom is 0.191 e. The van der Waals surface area contributed by atoms with E-state index in [1.165, 1.54) is 16.3 Å². The Morgan fingerprint density at radius 2 is 1.87 bits per heavy atom. The number of hydrogen-bond acceptors (Lipinski definition) is 3. The molecular weight excluding hydrogens is 487 g/mol. The van der Waals surface area contributed by atoms with Crippen molar-refractivity contribution in [2.24, 2.45) is 4.99 Å². The summed E-state index contributed by atoms with van der Waals surface area (Å²) in [5, 5.41) is 9.74. The van der Waals surface area contributed by atoms with Crippen molar-refractivity contribution < 1.29 is 4.74 Å². The summed E-state index contributed by atoms with van der Waals surface area (Å²) in [7, 11) is 1.85. The molecule has 30 heavy (non-hydrogen) atoms. The van der Waals surface area contributed by atoms with Crippen molar-refractivity contribution in [1.82, 2.24) is 15.5 Å². The minimum atomic E-state index is 0. The fourth-order valence-electron chi connectivity index (χ4n) is 3.93. The van der Waals surface area contributed by atoms with Crippen LogP contribution in [-0.4, -0.2) is 62.8 Å². The van der Waals surface area contributed by atoms with Gasteiger partial charge in [0.15, 0.2) is 5.96 Å². The quantitative estimate of drug-likeness (QED) is 0.311. The Balaban J connectivity index is 0.00000320. The maximum absolute atomic E-state index is 5.67. The SMILES string of the molecule is CN=C(NCCc1cccc2ccccc12)NC1CCN(CCOC(C)C)CC1.I. The largest absolute Gasteiger partial charge is 0.377 e. The fourth-order valence-corrected chi connectivity index (χ4v) is 3.93. The first-order chi connectivity index (χ1) is 14.2. The van der Waals surface area contributed by atoms with Crippen LogP contribution in [0.2, 0.25) is 0 Å². The summed E-state index contributed by atoms with van der Waals surface area (Å²) >= 11 is 0. The van der Waals surface area contributed by atoms with E-state index in [0.717, 1.165) is 58.0 Å². The number of piperidine rings is 1. The standard InChI is InChI=1S/C24H36N4O.HI/c1-19(2)29-18-17-28-15-12-22(13-16-28)27-24(25-3)26-14-11-21-9-6-8-20-7-4-5-10-23(20)21;/h4-10,19,22H,11-18H2,1-3H3,(H2,25,26,27);1H. The molecule has 0 aliphatic carbocycles. The van der Waals surface area contributed by atoms with Crippen molar-refractivity contribution >= 4 is 40.7 Å². The molecule has 3 rings (SSSR count). The minimum Gasteiger partial charge on any atom is -0.377 e. The molecule has 1 fully saturated rings. The van der Waals surface area contributed by atoms with Gasteiger partial charge in [0.25, 0.3) is 0 Å². The number of nitrogens with zero attached hydrogens (tertiary/aromatic N) is 2. The van der Waals surface area contributed by atoms with Gasteiger partial charge in [0.2, 0.25) is 0 Å². The summed E-state index contributed by atoms with van der Waals surface area (Å²) in [6.45, 7) is 9.15. The zero-order valence-electron chi connectivity index (χ0n) is 18.6.